The van der Waals surface area contributed by atoms with E-state index in [-0.39, 0.29) is 4.59 Å². The van der Waals surface area contributed by atoms with Crippen LogP contribution in [0.2, 0.25) is 0 Å². The van der Waals surface area contributed by atoms with Gasteiger partial charge in [0.15, 0.2) is 22.9 Å². The van der Waals surface area contributed by atoms with Crippen molar-refractivity contribution >= 4 is 50.2 Å². The van der Waals surface area contributed by atoms with Gasteiger partial charge in [-0.1, -0.05) is 176 Å². The molecule has 1 spiro atoms. The third-order valence-corrected chi connectivity index (χ3v) is 15.5. The number of imidazole rings is 1. The molecule has 3 aromatic heterocycles. The molecule has 0 amide bonds. The maximum atomic E-state index is 2.63. The predicted molar refractivity (Wildman–Crippen MR) is 288 cm³/mol. The van der Waals surface area contributed by atoms with E-state index in [1.807, 2.05) is 0 Å². The van der Waals surface area contributed by atoms with E-state index in [1.165, 1.54) is 77.7 Å². The molecule has 328 valence electrons. The van der Waals surface area contributed by atoms with Crippen LogP contribution in [0.15, 0.2) is 255 Å². The number of hydrogen-bond donors (Lipinski definition) is 0. The summed E-state index contributed by atoms with van der Waals surface area (Å²) < 4.78 is 10.6. The van der Waals surface area contributed by atoms with Gasteiger partial charge in [-0.3, -0.25) is 0 Å². The Morgan fingerprint density at radius 2 is 0.859 bits per heavy atom. The smallest absolute Gasteiger partial charge is 0.181 e. The Hall–Kier alpha value is -9.42. The maximum absolute atomic E-state index is 2.63. The van der Waals surface area contributed by atoms with Gasteiger partial charge in [-0.25, -0.2) is 0 Å². The summed E-state index contributed by atoms with van der Waals surface area (Å²) in [4.78, 5) is 0. The standard InChI is InChI=1S/C66H42N5/c1-5-21-43(22-6-1)47-30-19-31-48(44-23-7-2-8-24-44)62(47)70-59-35-16-15-34-58(59)68-60-36-20-32-51-55-41-53(45-25-9-3-10-26-45)54(46-27-11-4-12-28-46)42-56(55)52-39-38-50-49-29-13-14-33-57(49)69-61-37-17-18-40-67(61)71(64(51)60,66(68)70)65(52)63(50)69/h1-42H/q+3. The molecule has 1 atom stereocenters. The fraction of sp³-hybridized carbons (Fsp3) is 0. The van der Waals surface area contributed by atoms with Gasteiger partial charge in [-0.05, 0) is 116 Å². The quantitative estimate of drug-likeness (QED) is 0.121. The van der Waals surface area contributed by atoms with Gasteiger partial charge in [0.25, 0.3) is 0 Å². The van der Waals surface area contributed by atoms with Gasteiger partial charge in [0.2, 0.25) is 22.6 Å². The highest BCUT2D eigenvalue weighted by atomic mass is 15.8. The number of rotatable bonds is 5. The molecule has 71 heavy (non-hydrogen) atoms. The molecule has 16 rings (SSSR count). The van der Waals surface area contributed by atoms with Crippen molar-refractivity contribution in [3.05, 3.63) is 255 Å². The minimum Gasteiger partial charge on any atom is -0.181 e. The molecule has 0 N–H and O–H groups in total. The molecule has 0 radical (unpaired) electrons. The number of quaternary nitrogens is 1. The summed E-state index contributed by atoms with van der Waals surface area (Å²) in [7, 11) is 0. The van der Waals surface area contributed by atoms with E-state index in [0.29, 0.717) is 0 Å². The van der Waals surface area contributed by atoms with Crippen LogP contribution in [0.3, 0.4) is 0 Å². The topological polar surface area (TPSA) is 17.6 Å². The fourth-order valence-corrected chi connectivity index (χ4v) is 12.7. The van der Waals surface area contributed by atoms with E-state index in [9.17, 15) is 0 Å². The number of pyridine rings is 1. The molecule has 0 fully saturated rings. The van der Waals surface area contributed by atoms with Crippen LogP contribution in [-0.2, 0) is 0 Å². The average molecular weight is 905 g/mol. The molecule has 0 saturated carbocycles. The molecule has 13 aromatic rings. The zero-order chi connectivity index (χ0) is 46.4. The van der Waals surface area contributed by atoms with Gasteiger partial charge < -0.3 is 0 Å². The van der Waals surface area contributed by atoms with E-state index < -0.39 is 0 Å². The third kappa shape index (κ3) is 4.97. The van der Waals surface area contributed by atoms with Crippen LogP contribution in [0.25, 0.3) is 117 Å². The van der Waals surface area contributed by atoms with Gasteiger partial charge in [0.1, 0.15) is 5.52 Å². The molecule has 10 aromatic carbocycles. The van der Waals surface area contributed by atoms with Crippen LogP contribution in [0.5, 0.6) is 0 Å². The number of aromatic nitrogens is 4. The van der Waals surface area contributed by atoms with Crippen molar-refractivity contribution < 1.29 is 9.24 Å². The minimum absolute atomic E-state index is 0.284. The van der Waals surface area contributed by atoms with Crippen molar-refractivity contribution in [2.75, 3.05) is 0 Å². The molecule has 1 unspecified atom stereocenters. The molecule has 6 heterocycles. The zero-order valence-electron chi connectivity index (χ0n) is 38.5. The fourth-order valence-electron chi connectivity index (χ4n) is 12.7. The molecule has 3 aliphatic heterocycles. The minimum atomic E-state index is 0.284. The summed E-state index contributed by atoms with van der Waals surface area (Å²) in [6.45, 7) is 0. The van der Waals surface area contributed by atoms with Gasteiger partial charge in [-0.15, -0.1) is 9.13 Å². The van der Waals surface area contributed by atoms with Gasteiger partial charge in [0.05, 0.1) is 11.1 Å². The van der Waals surface area contributed by atoms with Crippen molar-refractivity contribution in [3.63, 3.8) is 0 Å². The second-order valence-corrected chi connectivity index (χ2v) is 19.0. The Morgan fingerprint density at radius 1 is 0.338 bits per heavy atom. The average Bonchev–Trinajstić information content (AvgIpc) is 4.06. The zero-order valence-corrected chi connectivity index (χ0v) is 38.5. The number of fused-ring (bicyclic) bond motifs is 12. The first-order chi connectivity index (χ1) is 35.3. The lowest BCUT2D eigenvalue weighted by Gasteiger charge is -2.30. The Labute approximate surface area is 410 Å². The van der Waals surface area contributed by atoms with Crippen molar-refractivity contribution in [1.29, 1.82) is 0 Å². The van der Waals surface area contributed by atoms with Crippen molar-refractivity contribution in [2.24, 2.45) is 0 Å². The van der Waals surface area contributed by atoms with Crippen LogP contribution in [0.4, 0.5) is 17.3 Å². The van der Waals surface area contributed by atoms with Crippen molar-refractivity contribution in [3.8, 4) is 84.0 Å². The summed E-state index contributed by atoms with van der Waals surface area (Å²) in [5, 5.41) is 2.46. The van der Waals surface area contributed by atoms with Gasteiger partial charge in [-0.2, -0.15) is 4.57 Å². The van der Waals surface area contributed by atoms with E-state index in [0.717, 1.165) is 56.4 Å². The number of para-hydroxylation sites is 5. The molecule has 0 saturated heterocycles. The third-order valence-electron chi connectivity index (χ3n) is 15.5. The highest BCUT2D eigenvalue weighted by molar-refractivity contribution is 6.19. The molecule has 5 heteroatoms. The normalized spacial score (nSPS) is 14.5. The van der Waals surface area contributed by atoms with Gasteiger partial charge >= 0.3 is 11.8 Å². The summed E-state index contributed by atoms with van der Waals surface area (Å²) >= 11 is 0. The molecular weight excluding hydrogens is 863 g/mol. The van der Waals surface area contributed by atoms with Crippen LogP contribution >= 0.6 is 0 Å². The first kappa shape index (κ1) is 38.5. The first-order valence-corrected chi connectivity index (χ1v) is 24.5. The first-order valence-electron chi connectivity index (χ1n) is 24.5. The summed E-state index contributed by atoms with van der Waals surface area (Å²) in [5.74, 6) is 2.20. The Morgan fingerprint density at radius 3 is 1.51 bits per heavy atom. The van der Waals surface area contributed by atoms with E-state index in [2.05, 4.69) is 273 Å². The lowest BCUT2D eigenvalue weighted by atomic mass is 9.85. The molecule has 3 aliphatic rings. The summed E-state index contributed by atoms with van der Waals surface area (Å²) in [5.41, 5.74) is 23.6. The summed E-state index contributed by atoms with van der Waals surface area (Å²) in [6, 6.07) is 92.3. The number of hydrogen-bond acceptors (Lipinski definition) is 0. The van der Waals surface area contributed by atoms with E-state index >= 15 is 0 Å². The molecule has 0 bridgehead atoms. The second-order valence-electron chi connectivity index (χ2n) is 19.0. The van der Waals surface area contributed by atoms with Crippen LogP contribution < -0.4 is 13.8 Å². The van der Waals surface area contributed by atoms with Crippen molar-refractivity contribution in [1.82, 2.24) is 13.7 Å². The van der Waals surface area contributed by atoms with Crippen molar-refractivity contribution in [2.45, 2.75) is 0 Å². The highest BCUT2D eigenvalue weighted by Crippen LogP contribution is 2.64. The molecular formula is C66H42N5+3. The van der Waals surface area contributed by atoms with Crippen LogP contribution in [0.1, 0.15) is 0 Å². The SMILES string of the molecule is c1ccc(-c2cc3c(cc2-c2ccccc2)-c2ccc4c5ccccc5n5c4c2[N+]2(c4c-3cccc4-n3c2[n+](-c2c(-c4ccccc4)cccc2-c2ccccc2)c2ccccc23)[n+]2ccccc2-5)cc1. The maximum Gasteiger partial charge on any atom is 0.519 e. The van der Waals surface area contributed by atoms with Crippen LogP contribution in [-0.4, -0.2) is 9.13 Å². The van der Waals surface area contributed by atoms with Gasteiger partial charge in [0, 0.05) is 32.6 Å². The molecule has 0 aliphatic carbocycles. The van der Waals surface area contributed by atoms with E-state index in [4.69, 9.17) is 0 Å². The monoisotopic (exact) mass is 904 g/mol. The highest BCUT2D eigenvalue weighted by Gasteiger charge is 2.69. The predicted octanol–water partition coefficient (Wildman–Crippen LogP) is 15.7. The second kappa shape index (κ2) is 14.3. The lowest BCUT2D eigenvalue weighted by Crippen LogP contribution is -2.70. The summed E-state index contributed by atoms with van der Waals surface area (Å²) in [6.07, 6.45) is 2.33. The Kier molecular flexibility index (Phi) is 7.77. The number of nitrogens with zero attached hydrogens (tertiary/aromatic N) is 5. The Balaban J connectivity index is 1.17. The largest absolute Gasteiger partial charge is 0.519 e. The number of benzene rings is 10. The lowest BCUT2D eigenvalue weighted by molar-refractivity contribution is -0.791. The van der Waals surface area contributed by atoms with E-state index in [1.54, 1.807) is 0 Å². The Bertz CT molecular complexity index is 4320. The van der Waals surface area contributed by atoms with Crippen LogP contribution in [0, 0.1) is 0 Å². The molecule has 5 nitrogen and oxygen atoms in total.